The number of nitrogens with zero attached hydrogens (tertiary/aromatic N) is 2. The molecule has 1 fully saturated rings. The van der Waals surface area contributed by atoms with Crippen molar-refractivity contribution in [2.24, 2.45) is 22.4 Å². The quantitative estimate of drug-likeness (QED) is 0.0901. The highest BCUT2D eigenvalue weighted by molar-refractivity contribution is 5.88. The Bertz CT molecular complexity index is 996. The van der Waals surface area contributed by atoms with E-state index in [-0.39, 0.29) is 18.4 Å². The minimum absolute atomic E-state index is 0.0587. The van der Waals surface area contributed by atoms with Gasteiger partial charge in [-0.2, -0.15) is 0 Å². The van der Waals surface area contributed by atoms with Crippen molar-refractivity contribution in [3.63, 3.8) is 0 Å². The summed E-state index contributed by atoms with van der Waals surface area (Å²) in [5, 5.41) is 19.9. The van der Waals surface area contributed by atoms with E-state index >= 15 is 0 Å². The Balaban J connectivity index is 1.70. The smallest absolute Gasteiger partial charge is 0.335 e. The van der Waals surface area contributed by atoms with Crippen LogP contribution in [0.1, 0.15) is 68.9 Å². The van der Waals surface area contributed by atoms with Crippen LogP contribution in [0.15, 0.2) is 46.5 Å². The van der Waals surface area contributed by atoms with Gasteiger partial charge >= 0.3 is 5.97 Å². The molecule has 0 amide bonds. The van der Waals surface area contributed by atoms with E-state index in [1.54, 1.807) is 6.07 Å². The number of guanidine groups is 1. The number of likely N-dealkylation sites (tertiary alicyclic amines) is 1. The fourth-order valence-electron chi connectivity index (χ4n) is 5.07. The van der Waals surface area contributed by atoms with Gasteiger partial charge in [-0.05, 0) is 70.7 Å². The van der Waals surface area contributed by atoms with E-state index in [4.69, 9.17) is 11.5 Å². The summed E-state index contributed by atoms with van der Waals surface area (Å²) >= 11 is 0. The molecule has 2 aliphatic rings. The number of anilines is 1. The number of nitrogens with one attached hydrogen (secondary N) is 3. The van der Waals surface area contributed by atoms with Crippen LogP contribution in [0.3, 0.4) is 0 Å². The Morgan fingerprint density at radius 3 is 2.72 bits per heavy atom. The lowest BCUT2D eigenvalue weighted by molar-refractivity contribution is 0.0696. The highest BCUT2D eigenvalue weighted by Gasteiger charge is 2.45. The van der Waals surface area contributed by atoms with Crippen molar-refractivity contribution in [3.05, 3.63) is 52.6 Å². The minimum Gasteiger partial charge on any atom is -0.478 e. The molecule has 1 aromatic carbocycles. The molecule has 2 aliphatic heterocycles. The molecule has 0 spiro atoms. The summed E-state index contributed by atoms with van der Waals surface area (Å²) in [6.07, 6.45) is 6.75. The molecule has 0 saturated carbocycles. The van der Waals surface area contributed by atoms with Crippen molar-refractivity contribution in [2.45, 2.75) is 65.3 Å². The Labute approximate surface area is 215 Å². The fraction of sp³-hybridized carbons (Fsp3) is 0.556. The maximum atomic E-state index is 11.7. The molecular weight excluding hydrogens is 454 g/mol. The molecule has 1 saturated heterocycles. The lowest BCUT2D eigenvalue weighted by atomic mass is 9.80. The van der Waals surface area contributed by atoms with Crippen molar-refractivity contribution >= 4 is 17.6 Å². The van der Waals surface area contributed by atoms with Crippen molar-refractivity contribution in [2.75, 3.05) is 31.5 Å². The summed E-state index contributed by atoms with van der Waals surface area (Å²) in [6, 6.07) is 5.70. The van der Waals surface area contributed by atoms with E-state index in [2.05, 4.69) is 45.8 Å². The molecule has 9 heteroatoms. The molecule has 0 aliphatic carbocycles. The third kappa shape index (κ3) is 7.32. The molecule has 8 N–H and O–H groups in total. The second-order valence-electron chi connectivity index (χ2n) is 10.2. The molecule has 198 valence electrons. The van der Waals surface area contributed by atoms with Crippen LogP contribution in [0.4, 0.5) is 5.69 Å². The number of carbonyl (C=O) groups is 1. The van der Waals surface area contributed by atoms with Crippen LogP contribution in [0.5, 0.6) is 0 Å². The molecule has 2 heterocycles. The standard InChI is InChI=1S/C27H43N7O2/c1-17(2)9-13-31-26(28)30-12-5-6-22-20-11-15-34(27(29)32-14-10-18(3)4)24(20)21-16-19(25(35)36)7-8-23(21)33-22/h7-10,16,20,22,24,27,32-33H,5-6,11-15,29H2,1-4H3,(H,35,36)(H3,28,30,31)/t20-,22-,24-,27?/m0/s1. The maximum Gasteiger partial charge on any atom is 0.335 e. The van der Waals surface area contributed by atoms with Gasteiger partial charge in [-0.25, -0.2) is 9.79 Å². The van der Waals surface area contributed by atoms with E-state index in [1.165, 1.54) is 11.1 Å². The number of aromatic carboxylic acids is 1. The van der Waals surface area contributed by atoms with Crippen molar-refractivity contribution in [1.82, 2.24) is 15.5 Å². The van der Waals surface area contributed by atoms with E-state index < -0.39 is 5.97 Å². The van der Waals surface area contributed by atoms with Gasteiger partial charge in [0.2, 0.25) is 0 Å². The highest BCUT2D eigenvalue weighted by Crippen LogP contribution is 2.47. The Morgan fingerprint density at radius 2 is 2.03 bits per heavy atom. The van der Waals surface area contributed by atoms with E-state index in [0.29, 0.717) is 30.5 Å². The summed E-state index contributed by atoms with van der Waals surface area (Å²) in [6.45, 7) is 11.1. The first-order valence-electron chi connectivity index (χ1n) is 12.9. The molecule has 0 aromatic heterocycles. The van der Waals surface area contributed by atoms with Gasteiger partial charge in [0.1, 0.15) is 6.29 Å². The van der Waals surface area contributed by atoms with Gasteiger partial charge in [0, 0.05) is 43.3 Å². The molecular formula is C27H43N7O2. The topological polar surface area (TPSA) is 141 Å². The first kappa shape index (κ1) is 27.7. The zero-order chi connectivity index (χ0) is 26.2. The number of allylic oxidation sites excluding steroid dienone is 2. The molecule has 4 atom stereocenters. The van der Waals surface area contributed by atoms with Gasteiger partial charge < -0.3 is 27.2 Å². The number of aliphatic imine (C=N–C) groups is 1. The number of hydrogen-bond donors (Lipinski definition) is 6. The van der Waals surface area contributed by atoms with Crippen LogP contribution in [-0.4, -0.2) is 60.4 Å². The summed E-state index contributed by atoms with van der Waals surface area (Å²) in [5.41, 5.74) is 17.4. The van der Waals surface area contributed by atoms with E-state index in [0.717, 1.165) is 43.6 Å². The first-order valence-corrected chi connectivity index (χ1v) is 12.9. The average Bonchev–Trinajstić information content (AvgIpc) is 3.27. The van der Waals surface area contributed by atoms with Crippen molar-refractivity contribution in [3.8, 4) is 0 Å². The Kier molecular flexibility index (Phi) is 9.92. The second kappa shape index (κ2) is 12.9. The van der Waals surface area contributed by atoms with Crippen molar-refractivity contribution < 1.29 is 9.90 Å². The molecule has 0 bridgehead atoms. The van der Waals surface area contributed by atoms with Crippen LogP contribution >= 0.6 is 0 Å². The van der Waals surface area contributed by atoms with E-state index in [1.807, 2.05) is 32.1 Å². The van der Waals surface area contributed by atoms with Crippen LogP contribution < -0.4 is 27.4 Å². The monoisotopic (exact) mass is 497 g/mol. The molecule has 3 rings (SSSR count). The number of benzene rings is 1. The highest BCUT2D eigenvalue weighted by atomic mass is 16.4. The zero-order valence-electron chi connectivity index (χ0n) is 22.1. The largest absolute Gasteiger partial charge is 0.478 e. The minimum atomic E-state index is -0.915. The number of carboxylic acids is 1. The van der Waals surface area contributed by atoms with Crippen LogP contribution in [0, 0.1) is 5.92 Å². The van der Waals surface area contributed by atoms with E-state index in [9.17, 15) is 9.90 Å². The van der Waals surface area contributed by atoms with Gasteiger partial charge in [0.05, 0.1) is 12.1 Å². The number of hydrogen-bond acceptors (Lipinski definition) is 6. The number of fused-ring (bicyclic) bond motifs is 3. The summed E-state index contributed by atoms with van der Waals surface area (Å²) < 4.78 is 0. The predicted molar refractivity (Wildman–Crippen MR) is 147 cm³/mol. The zero-order valence-corrected chi connectivity index (χ0v) is 22.1. The van der Waals surface area contributed by atoms with Gasteiger partial charge in [0.25, 0.3) is 0 Å². The normalized spacial score (nSPS) is 22.1. The second-order valence-corrected chi connectivity index (χ2v) is 10.2. The Hall–Kier alpha value is -2.88. The molecule has 1 unspecified atom stereocenters. The summed E-state index contributed by atoms with van der Waals surface area (Å²) in [5.74, 6) is -0.113. The lowest BCUT2D eigenvalue weighted by Crippen LogP contribution is -2.53. The fourth-order valence-corrected chi connectivity index (χ4v) is 5.07. The number of carboxylic acid groups (broad SMARTS) is 1. The molecule has 0 radical (unpaired) electrons. The lowest BCUT2D eigenvalue weighted by Gasteiger charge is -2.42. The maximum absolute atomic E-state index is 11.7. The van der Waals surface area contributed by atoms with Gasteiger partial charge in [-0.1, -0.05) is 23.3 Å². The average molecular weight is 498 g/mol. The van der Waals surface area contributed by atoms with Gasteiger partial charge in [0.15, 0.2) is 5.96 Å². The summed E-state index contributed by atoms with van der Waals surface area (Å²) in [7, 11) is 0. The Morgan fingerprint density at radius 1 is 1.28 bits per heavy atom. The first-order chi connectivity index (χ1) is 17.2. The predicted octanol–water partition coefficient (Wildman–Crippen LogP) is 2.99. The van der Waals surface area contributed by atoms with Gasteiger partial charge in [-0.15, -0.1) is 0 Å². The number of rotatable bonds is 11. The number of nitrogens with two attached hydrogens (primary N) is 2. The third-order valence-electron chi connectivity index (χ3n) is 6.91. The van der Waals surface area contributed by atoms with Gasteiger partial charge in [-0.3, -0.25) is 10.2 Å². The van der Waals surface area contributed by atoms with Crippen LogP contribution in [0.25, 0.3) is 0 Å². The SMILES string of the molecule is CC(C)=CCN=C(N)NCCC[C@@H]1Nc2ccc(C(=O)O)cc2[C@@H]2[C@H]1CCN2C(N)NCC=C(C)C. The van der Waals surface area contributed by atoms with Crippen molar-refractivity contribution in [1.29, 1.82) is 0 Å². The summed E-state index contributed by atoms with van der Waals surface area (Å²) in [4.78, 5) is 18.3. The molecule has 9 nitrogen and oxygen atoms in total. The van der Waals surface area contributed by atoms with Crippen LogP contribution in [-0.2, 0) is 0 Å². The molecule has 36 heavy (non-hydrogen) atoms. The third-order valence-corrected chi connectivity index (χ3v) is 6.91. The van der Waals surface area contributed by atoms with Crippen LogP contribution in [0.2, 0.25) is 0 Å². The molecule has 1 aromatic rings.